The van der Waals surface area contributed by atoms with Gasteiger partial charge in [0, 0.05) is 0 Å². The van der Waals surface area contributed by atoms with Crippen molar-refractivity contribution in [3.8, 4) is 0 Å². The summed E-state index contributed by atoms with van der Waals surface area (Å²) in [6.07, 6.45) is 0. The summed E-state index contributed by atoms with van der Waals surface area (Å²) in [7, 11) is -2.29. The summed E-state index contributed by atoms with van der Waals surface area (Å²) in [5.41, 5.74) is 0. The molecule has 0 aliphatic carbocycles. The summed E-state index contributed by atoms with van der Waals surface area (Å²) in [6, 6.07) is 0. The minimum atomic E-state index is -2.29. The van der Waals surface area contributed by atoms with Gasteiger partial charge in [0.05, 0.1) is 0 Å². The van der Waals surface area contributed by atoms with Crippen molar-refractivity contribution in [1.82, 2.24) is 0 Å². The Morgan fingerprint density at radius 3 is 2.00 bits per heavy atom. The van der Waals surface area contributed by atoms with Crippen molar-refractivity contribution in [3.63, 3.8) is 0 Å². The fourth-order valence-corrected chi connectivity index (χ4v) is 0. The standard InChI is InChI=1S/Li.HO2PS.H/c;1-3(2)4;/h;(H,1,2,4);/q+1;;-1. The average Bonchev–Trinajstić information content (AvgIpc) is 0.811. The van der Waals surface area contributed by atoms with E-state index in [1.54, 1.807) is 0 Å². The van der Waals surface area contributed by atoms with Crippen LogP contribution in [0.15, 0.2) is 0 Å². The van der Waals surface area contributed by atoms with Gasteiger partial charge in [0.15, 0.2) is 0 Å². The van der Waals surface area contributed by atoms with Crippen molar-refractivity contribution < 1.29 is 29.7 Å². The van der Waals surface area contributed by atoms with Crippen LogP contribution < -0.4 is 18.9 Å². The van der Waals surface area contributed by atoms with Gasteiger partial charge >= 0.3 is 26.1 Å². The molecule has 5 heteroatoms. The summed E-state index contributed by atoms with van der Waals surface area (Å²) in [6.45, 7) is 0. The molecule has 0 amide bonds. The Morgan fingerprint density at radius 2 is 2.00 bits per heavy atom. The molecule has 0 heterocycles. The van der Waals surface area contributed by atoms with E-state index in [0.717, 1.165) is 0 Å². The molecule has 0 aromatic rings. The van der Waals surface area contributed by atoms with Gasteiger partial charge in [-0.3, -0.25) is 0 Å². The van der Waals surface area contributed by atoms with Gasteiger partial charge in [-0.1, -0.05) is 4.57 Å². The molecular formula is H2LiO2PS. The Labute approximate surface area is 49.6 Å². The van der Waals surface area contributed by atoms with E-state index in [9.17, 15) is 0 Å². The molecule has 2 nitrogen and oxygen atoms in total. The van der Waals surface area contributed by atoms with Gasteiger partial charge in [0.25, 0.3) is 0 Å². The maximum Gasteiger partial charge on any atom is 1.00 e. The zero-order valence-corrected chi connectivity index (χ0v) is 4.42. The first-order chi connectivity index (χ1) is 1.73. The monoisotopic (exact) mass is 104 g/mol. The van der Waals surface area contributed by atoms with E-state index in [1.807, 2.05) is 0 Å². The second-order valence-corrected chi connectivity index (χ2v) is 1.65. The molecule has 0 spiro atoms. The topological polar surface area (TPSA) is 37.3 Å². The molecule has 0 saturated carbocycles. The minimum absolute atomic E-state index is 0. The summed E-state index contributed by atoms with van der Waals surface area (Å²) >= 11 is 3.69. The Hall–Kier alpha value is 1.01. The first-order valence-electron chi connectivity index (χ1n) is 0.565. The van der Waals surface area contributed by atoms with Crippen molar-refractivity contribution >= 4 is 19.5 Å². The molecule has 1 unspecified atom stereocenters. The first kappa shape index (κ1) is 9.38. The van der Waals surface area contributed by atoms with Crippen LogP contribution in [-0.4, -0.2) is 4.89 Å². The van der Waals surface area contributed by atoms with Gasteiger partial charge in [-0.15, -0.1) is 0 Å². The van der Waals surface area contributed by atoms with E-state index in [0.29, 0.717) is 0 Å². The number of rotatable bonds is 0. The van der Waals surface area contributed by atoms with E-state index in [4.69, 9.17) is 9.46 Å². The molecule has 0 bridgehead atoms. The molecule has 0 aromatic heterocycles. The molecular weight excluding hydrogens is 102 g/mol. The summed E-state index contributed by atoms with van der Waals surface area (Å²) in [5.74, 6) is 0. The van der Waals surface area contributed by atoms with Gasteiger partial charge in [-0.05, 0) is 0 Å². The maximum atomic E-state index is 8.96. The molecule has 0 aliphatic rings. The maximum absolute atomic E-state index is 8.96. The molecule has 5 heavy (non-hydrogen) atoms. The summed E-state index contributed by atoms with van der Waals surface area (Å²) in [5, 5.41) is 0. The van der Waals surface area contributed by atoms with Crippen LogP contribution in [0.4, 0.5) is 0 Å². The average molecular weight is 104 g/mol. The molecule has 0 fully saturated rings. The molecule has 0 aliphatic heterocycles. The van der Waals surface area contributed by atoms with Crippen molar-refractivity contribution in [2.45, 2.75) is 0 Å². The van der Waals surface area contributed by atoms with Crippen LogP contribution in [0.2, 0.25) is 0 Å². The molecule has 0 aromatic carbocycles. The smallest absolute Gasteiger partial charge is 1.00 e. The second-order valence-electron chi connectivity index (χ2n) is 0.238. The third kappa shape index (κ3) is 44.6. The predicted molar refractivity (Wildman–Crippen MR) is 18.3 cm³/mol. The van der Waals surface area contributed by atoms with Crippen LogP contribution in [0.3, 0.4) is 0 Å². The first-order valence-corrected chi connectivity index (χ1v) is 2.79. The van der Waals surface area contributed by atoms with E-state index >= 15 is 0 Å². The molecule has 1 atom stereocenters. The van der Waals surface area contributed by atoms with Crippen LogP contribution in [0.1, 0.15) is 1.43 Å². The Kier molecular flexibility index (Phi) is 9.39. The summed E-state index contributed by atoms with van der Waals surface area (Å²) in [4.78, 5) is 7.38. The van der Waals surface area contributed by atoms with Crippen molar-refractivity contribution in [2.75, 3.05) is 0 Å². The van der Waals surface area contributed by atoms with Crippen molar-refractivity contribution in [3.05, 3.63) is 0 Å². The normalized spacial score (nSPS) is 8.80. The number of hydrogen-bond donors (Lipinski definition) is 1. The Balaban J connectivity index is -0.0000000450. The third-order valence-electron chi connectivity index (χ3n) is 0. The Bertz CT molecular complexity index is 36.5. The van der Waals surface area contributed by atoms with Crippen molar-refractivity contribution in [1.29, 1.82) is 0 Å². The molecule has 0 saturated heterocycles. The summed E-state index contributed by atoms with van der Waals surface area (Å²) < 4.78 is 8.96. The fourth-order valence-electron chi connectivity index (χ4n) is 0. The molecule has 1 N–H and O–H groups in total. The van der Waals surface area contributed by atoms with Crippen LogP contribution in [0, 0.1) is 0 Å². The zero-order chi connectivity index (χ0) is 3.58. The predicted octanol–water partition coefficient (Wildman–Crippen LogP) is -2.70. The van der Waals surface area contributed by atoms with Crippen LogP contribution in [0.5, 0.6) is 0 Å². The van der Waals surface area contributed by atoms with Crippen LogP contribution in [0.25, 0.3) is 0 Å². The van der Waals surface area contributed by atoms with E-state index in [1.165, 1.54) is 0 Å². The molecule has 26 valence electrons. The van der Waals surface area contributed by atoms with Gasteiger partial charge in [-0.2, -0.15) is 4.89 Å². The number of hydrogen-bond acceptors (Lipinski definition) is 2. The fraction of sp³-hybridized carbons (Fsp3) is 0. The second kappa shape index (κ2) is 5.01. The van der Waals surface area contributed by atoms with E-state index < -0.39 is 7.23 Å². The van der Waals surface area contributed by atoms with E-state index in [-0.39, 0.29) is 20.3 Å². The van der Waals surface area contributed by atoms with Gasteiger partial charge < -0.3 is 13.7 Å². The van der Waals surface area contributed by atoms with Gasteiger partial charge in [-0.25, -0.2) is 0 Å². The van der Waals surface area contributed by atoms with Crippen molar-refractivity contribution in [2.24, 2.45) is 0 Å². The molecule has 0 radical (unpaired) electrons. The SMILES string of the molecule is O=[P+](O)[S-].[H-].[Li+]. The van der Waals surface area contributed by atoms with E-state index in [2.05, 4.69) is 12.2 Å². The Morgan fingerprint density at radius 1 is 2.00 bits per heavy atom. The quantitative estimate of drug-likeness (QED) is 0.206. The minimum Gasteiger partial charge on any atom is -1.00 e. The van der Waals surface area contributed by atoms with Gasteiger partial charge in [0.1, 0.15) is 0 Å². The van der Waals surface area contributed by atoms with Gasteiger partial charge in [0.2, 0.25) is 0 Å². The largest absolute Gasteiger partial charge is 1.00 e. The zero-order valence-electron chi connectivity index (χ0n) is 3.71. The molecule has 0 rings (SSSR count). The van der Waals surface area contributed by atoms with Crippen LogP contribution >= 0.6 is 7.23 Å². The third-order valence-corrected chi connectivity index (χ3v) is 0. The van der Waals surface area contributed by atoms with Crippen LogP contribution in [-0.2, 0) is 16.8 Å².